The van der Waals surface area contributed by atoms with Crippen molar-refractivity contribution in [3.63, 3.8) is 0 Å². The van der Waals surface area contributed by atoms with Crippen molar-refractivity contribution >= 4 is 33.2 Å². The third kappa shape index (κ3) is 3.57. The van der Waals surface area contributed by atoms with Gasteiger partial charge in [0.1, 0.15) is 15.8 Å². The van der Waals surface area contributed by atoms with Crippen LogP contribution in [0.1, 0.15) is 11.4 Å². The Morgan fingerprint density at radius 2 is 2.26 bits per heavy atom. The molecular formula is C12H10BrFN2O2S. The van der Waals surface area contributed by atoms with Crippen molar-refractivity contribution in [3.05, 3.63) is 33.5 Å². The maximum atomic E-state index is 13.1. The molecule has 0 amide bonds. The predicted molar refractivity (Wildman–Crippen MR) is 73.3 cm³/mol. The summed E-state index contributed by atoms with van der Waals surface area (Å²) in [7, 11) is 1.35. The molecule has 0 unspecified atom stereocenters. The zero-order valence-corrected chi connectivity index (χ0v) is 12.4. The van der Waals surface area contributed by atoms with E-state index < -0.39 is 0 Å². The number of benzene rings is 1. The SMILES string of the molecule is COC(=O)CCc1nnc(-c2ccc(F)c(Br)c2)s1. The molecule has 0 aliphatic carbocycles. The Kier molecular flexibility index (Phi) is 4.60. The molecule has 2 rings (SSSR count). The summed E-state index contributed by atoms with van der Waals surface area (Å²) in [6.45, 7) is 0. The summed E-state index contributed by atoms with van der Waals surface area (Å²) in [5.41, 5.74) is 0.787. The van der Waals surface area contributed by atoms with Crippen molar-refractivity contribution in [2.75, 3.05) is 7.11 Å². The van der Waals surface area contributed by atoms with Crippen LogP contribution in [0.15, 0.2) is 22.7 Å². The Morgan fingerprint density at radius 3 is 2.95 bits per heavy atom. The zero-order valence-electron chi connectivity index (χ0n) is 10.0. The predicted octanol–water partition coefficient (Wildman–Crippen LogP) is 3.21. The van der Waals surface area contributed by atoms with E-state index in [1.54, 1.807) is 12.1 Å². The van der Waals surface area contributed by atoms with Crippen molar-refractivity contribution in [1.82, 2.24) is 10.2 Å². The Morgan fingerprint density at radius 1 is 1.47 bits per heavy atom. The summed E-state index contributed by atoms with van der Waals surface area (Å²) >= 11 is 4.51. The fourth-order valence-corrected chi connectivity index (χ4v) is 2.63. The molecule has 0 radical (unpaired) electrons. The molecule has 19 heavy (non-hydrogen) atoms. The van der Waals surface area contributed by atoms with E-state index in [2.05, 4.69) is 30.9 Å². The van der Waals surface area contributed by atoms with E-state index in [-0.39, 0.29) is 18.2 Å². The van der Waals surface area contributed by atoms with Gasteiger partial charge in [0.15, 0.2) is 0 Å². The van der Waals surface area contributed by atoms with Gasteiger partial charge in [-0.15, -0.1) is 10.2 Å². The summed E-state index contributed by atoms with van der Waals surface area (Å²) in [5, 5.41) is 9.48. The van der Waals surface area contributed by atoms with E-state index >= 15 is 0 Å². The average molecular weight is 345 g/mol. The van der Waals surface area contributed by atoms with Crippen LogP contribution in [-0.4, -0.2) is 23.3 Å². The van der Waals surface area contributed by atoms with Gasteiger partial charge >= 0.3 is 5.97 Å². The van der Waals surface area contributed by atoms with Crippen molar-refractivity contribution in [2.24, 2.45) is 0 Å². The monoisotopic (exact) mass is 344 g/mol. The van der Waals surface area contributed by atoms with Crippen LogP contribution < -0.4 is 0 Å². The smallest absolute Gasteiger partial charge is 0.305 e. The van der Waals surface area contributed by atoms with Crippen LogP contribution in [0.25, 0.3) is 10.6 Å². The van der Waals surface area contributed by atoms with E-state index in [1.807, 2.05) is 0 Å². The van der Waals surface area contributed by atoms with Gasteiger partial charge in [0.2, 0.25) is 0 Å². The summed E-state index contributed by atoms with van der Waals surface area (Å²) in [6, 6.07) is 4.67. The molecule has 1 aromatic heterocycles. The van der Waals surface area contributed by atoms with Crippen molar-refractivity contribution in [1.29, 1.82) is 0 Å². The van der Waals surface area contributed by atoms with Crippen molar-refractivity contribution < 1.29 is 13.9 Å². The highest BCUT2D eigenvalue weighted by molar-refractivity contribution is 9.10. The summed E-state index contributed by atoms with van der Waals surface area (Å²) in [5.74, 6) is -0.597. The maximum Gasteiger partial charge on any atom is 0.305 e. The van der Waals surface area contributed by atoms with Crippen LogP contribution in [0, 0.1) is 5.82 Å². The lowest BCUT2D eigenvalue weighted by Gasteiger charge is -1.97. The second-order valence-electron chi connectivity index (χ2n) is 3.71. The molecule has 1 aromatic carbocycles. The third-order valence-corrected chi connectivity index (χ3v) is 4.04. The number of methoxy groups -OCH3 is 1. The lowest BCUT2D eigenvalue weighted by molar-refractivity contribution is -0.140. The highest BCUT2D eigenvalue weighted by Crippen LogP contribution is 2.27. The molecule has 0 bridgehead atoms. The first-order chi connectivity index (χ1) is 9.10. The van der Waals surface area contributed by atoms with Crippen LogP contribution in [0.2, 0.25) is 0 Å². The van der Waals surface area contributed by atoms with Gasteiger partial charge in [-0.2, -0.15) is 0 Å². The lowest BCUT2D eigenvalue weighted by Crippen LogP contribution is -2.01. The number of aryl methyl sites for hydroxylation is 1. The minimum Gasteiger partial charge on any atom is -0.469 e. The number of aromatic nitrogens is 2. The highest BCUT2D eigenvalue weighted by Gasteiger charge is 2.10. The Hall–Kier alpha value is -1.34. The first-order valence-electron chi connectivity index (χ1n) is 5.45. The lowest BCUT2D eigenvalue weighted by atomic mass is 10.2. The van der Waals surface area contributed by atoms with Crippen molar-refractivity contribution in [3.8, 4) is 10.6 Å². The van der Waals surface area contributed by atoms with Gasteiger partial charge in [-0.3, -0.25) is 4.79 Å². The van der Waals surface area contributed by atoms with E-state index in [0.717, 1.165) is 10.6 Å². The Balaban J connectivity index is 2.12. The second kappa shape index (κ2) is 6.21. The first-order valence-corrected chi connectivity index (χ1v) is 7.05. The number of carbonyl (C=O) groups excluding carboxylic acids is 1. The van der Waals surface area contributed by atoms with Gasteiger partial charge < -0.3 is 4.74 Å². The fourth-order valence-electron chi connectivity index (χ4n) is 1.41. The molecule has 0 N–H and O–H groups in total. The normalized spacial score (nSPS) is 10.5. The van der Waals surface area contributed by atoms with Crippen LogP contribution in [0.5, 0.6) is 0 Å². The number of ether oxygens (including phenoxy) is 1. The van der Waals surface area contributed by atoms with Gasteiger partial charge in [0.05, 0.1) is 18.0 Å². The van der Waals surface area contributed by atoms with Crippen molar-refractivity contribution in [2.45, 2.75) is 12.8 Å². The standard InChI is InChI=1S/C12H10BrFN2O2S/c1-18-11(17)5-4-10-15-16-12(19-10)7-2-3-9(14)8(13)6-7/h2-3,6H,4-5H2,1H3. The minimum atomic E-state index is -0.320. The van der Waals surface area contributed by atoms with E-state index in [1.165, 1.54) is 24.5 Å². The number of carbonyl (C=O) groups is 1. The van der Waals surface area contributed by atoms with Crippen LogP contribution in [-0.2, 0) is 16.0 Å². The molecule has 0 saturated carbocycles. The molecule has 0 atom stereocenters. The Labute approximate surface area is 121 Å². The maximum absolute atomic E-state index is 13.1. The first kappa shape index (κ1) is 14.1. The molecule has 0 aliphatic rings. The van der Waals surface area contributed by atoms with Crippen LogP contribution in [0.3, 0.4) is 0 Å². The molecule has 1 heterocycles. The molecule has 100 valence electrons. The minimum absolute atomic E-state index is 0.276. The number of halogens is 2. The largest absolute Gasteiger partial charge is 0.469 e. The van der Waals surface area contributed by atoms with Crippen LogP contribution in [0.4, 0.5) is 4.39 Å². The molecule has 7 heteroatoms. The Bertz CT molecular complexity index is 603. The van der Waals surface area contributed by atoms with Gasteiger partial charge in [0, 0.05) is 12.0 Å². The molecule has 0 aliphatic heterocycles. The second-order valence-corrected chi connectivity index (χ2v) is 5.62. The molecule has 2 aromatic rings. The molecule has 0 spiro atoms. The van der Waals surface area contributed by atoms with E-state index in [0.29, 0.717) is 15.9 Å². The van der Waals surface area contributed by atoms with E-state index in [9.17, 15) is 9.18 Å². The number of hydrogen-bond acceptors (Lipinski definition) is 5. The van der Waals surface area contributed by atoms with Gasteiger partial charge in [-0.25, -0.2) is 4.39 Å². The average Bonchev–Trinajstić information content (AvgIpc) is 2.88. The summed E-state index contributed by atoms with van der Waals surface area (Å²) in [6.07, 6.45) is 0.769. The number of rotatable bonds is 4. The highest BCUT2D eigenvalue weighted by atomic mass is 79.9. The number of esters is 1. The molecular weight excluding hydrogens is 335 g/mol. The van der Waals surface area contributed by atoms with Gasteiger partial charge in [0.25, 0.3) is 0 Å². The molecule has 0 saturated heterocycles. The van der Waals surface area contributed by atoms with Gasteiger partial charge in [-0.1, -0.05) is 11.3 Å². The molecule has 4 nitrogen and oxygen atoms in total. The van der Waals surface area contributed by atoms with Crippen LogP contribution >= 0.6 is 27.3 Å². The van der Waals surface area contributed by atoms with E-state index in [4.69, 9.17) is 0 Å². The quantitative estimate of drug-likeness (QED) is 0.799. The fraction of sp³-hybridized carbons (Fsp3) is 0.250. The summed E-state index contributed by atoms with van der Waals surface area (Å²) in [4.78, 5) is 11.0. The third-order valence-electron chi connectivity index (χ3n) is 2.40. The van der Waals surface area contributed by atoms with Gasteiger partial charge in [-0.05, 0) is 34.1 Å². The topological polar surface area (TPSA) is 52.1 Å². The summed E-state index contributed by atoms with van der Waals surface area (Å²) < 4.78 is 18.1. The number of hydrogen-bond donors (Lipinski definition) is 0. The molecule has 0 fully saturated rings. The zero-order chi connectivity index (χ0) is 13.8. The number of nitrogens with zero attached hydrogens (tertiary/aromatic N) is 2.